The molecule has 0 bridgehead atoms. The van der Waals surface area contributed by atoms with Crippen molar-refractivity contribution in [1.82, 2.24) is 5.32 Å². The summed E-state index contributed by atoms with van der Waals surface area (Å²) in [4.78, 5) is 23.3. The van der Waals surface area contributed by atoms with Crippen LogP contribution in [0.5, 0.6) is 0 Å². The highest BCUT2D eigenvalue weighted by atomic mass is 16.9. The van der Waals surface area contributed by atoms with E-state index in [1.807, 2.05) is 0 Å². The van der Waals surface area contributed by atoms with E-state index in [-0.39, 0.29) is 12.6 Å². The monoisotopic (exact) mass is 148 g/mol. The minimum absolute atomic E-state index is 0.119. The number of hydrogen-bond donors (Lipinski definition) is 1. The highest BCUT2D eigenvalue weighted by molar-refractivity contribution is 5.46. The molecule has 6 heteroatoms. The van der Waals surface area contributed by atoms with E-state index in [2.05, 4.69) is 10.2 Å². The molecule has 0 aliphatic rings. The Hall–Kier alpha value is -1.33. The molecule has 6 nitrogen and oxygen atoms in total. The zero-order chi connectivity index (χ0) is 7.98. The second-order valence-corrected chi connectivity index (χ2v) is 1.70. The first-order valence-electron chi connectivity index (χ1n) is 2.64. The van der Waals surface area contributed by atoms with E-state index in [4.69, 9.17) is 0 Å². The maximum Gasteiger partial charge on any atom is 0.294 e. The Kier molecular flexibility index (Phi) is 3.94. The van der Waals surface area contributed by atoms with Crippen LogP contribution >= 0.6 is 0 Å². The van der Waals surface area contributed by atoms with Crippen LogP contribution in [-0.2, 0) is 9.63 Å². The molecule has 0 radical (unpaired) electrons. The lowest BCUT2D eigenvalue weighted by molar-refractivity contribution is -0.758. The topological polar surface area (TPSA) is 81.5 Å². The number of amides is 1. The minimum Gasteiger partial charge on any atom is -0.354 e. The summed E-state index contributed by atoms with van der Waals surface area (Å²) in [6, 6.07) is -0.331. The predicted octanol–water partition coefficient (Wildman–Crippen LogP) is -0.671. The van der Waals surface area contributed by atoms with Gasteiger partial charge in [-0.25, -0.2) is 0 Å². The molecule has 0 fully saturated rings. The van der Waals surface area contributed by atoms with Gasteiger partial charge >= 0.3 is 0 Å². The number of carbonyl (C=O) groups excluding carboxylic acids is 1. The van der Waals surface area contributed by atoms with E-state index in [0.717, 1.165) is 0 Å². The number of nitrogens with zero attached hydrogens (tertiary/aromatic N) is 1. The van der Waals surface area contributed by atoms with Gasteiger partial charge in [-0.3, -0.25) is 4.79 Å². The van der Waals surface area contributed by atoms with Crippen LogP contribution in [-0.4, -0.2) is 24.1 Å². The molecular weight excluding hydrogens is 140 g/mol. The third-order valence-electron chi connectivity index (χ3n) is 0.783. The van der Waals surface area contributed by atoms with Crippen LogP contribution in [0.25, 0.3) is 0 Å². The highest BCUT2D eigenvalue weighted by Gasteiger charge is 2.01. The first-order valence-corrected chi connectivity index (χ1v) is 2.64. The normalized spacial score (nSPS) is 11.7. The van der Waals surface area contributed by atoms with Crippen LogP contribution in [0.2, 0.25) is 0 Å². The molecule has 0 heterocycles. The SMILES string of the molecule is CC(CO[N+](=O)[O-])NC=O. The summed E-state index contributed by atoms with van der Waals surface area (Å²) in [5.74, 6) is 0. The van der Waals surface area contributed by atoms with Crippen molar-refractivity contribution in [3.63, 3.8) is 0 Å². The predicted molar refractivity (Wildman–Crippen MR) is 31.6 cm³/mol. The summed E-state index contributed by atoms with van der Waals surface area (Å²) in [6.45, 7) is 1.48. The lowest BCUT2D eigenvalue weighted by Crippen LogP contribution is -2.30. The van der Waals surface area contributed by atoms with Gasteiger partial charge in [0.1, 0.15) is 6.61 Å². The van der Waals surface area contributed by atoms with Crippen molar-refractivity contribution in [2.75, 3.05) is 6.61 Å². The van der Waals surface area contributed by atoms with Crippen LogP contribution in [0.1, 0.15) is 6.92 Å². The molecule has 10 heavy (non-hydrogen) atoms. The molecule has 0 spiro atoms. The van der Waals surface area contributed by atoms with Gasteiger partial charge in [0, 0.05) is 6.04 Å². The molecule has 0 aliphatic heterocycles. The average Bonchev–Trinajstić information content (AvgIpc) is 1.85. The average molecular weight is 148 g/mol. The van der Waals surface area contributed by atoms with Crippen molar-refractivity contribution in [3.05, 3.63) is 10.1 Å². The molecule has 0 aliphatic carbocycles. The second-order valence-electron chi connectivity index (χ2n) is 1.70. The fraction of sp³-hybridized carbons (Fsp3) is 0.750. The molecule has 58 valence electrons. The van der Waals surface area contributed by atoms with Crippen molar-refractivity contribution in [3.8, 4) is 0 Å². The van der Waals surface area contributed by atoms with Crippen LogP contribution in [0.3, 0.4) is 0 Å². The Balaban J connectivity index is 3.29. The summed E-state index contributed by atoms with van der Waals surface area (Å²) in [5.41, 5.74) is 0. The van der Waals surface area contributed by atoms with E-state index in [9.17, 15) is 14.9 Å². The van der Waals surface area contributed by atoms with Gasteiger partial charge in [0.05, 0.1) is 0 Å². The van der Waals surface area contributed by atoms with Crippen molar-refractivity contribution in [2.45, 2.75) is 13.0 Å². The Morgan fingerprint density at radius 2 is 2.50 bits per heavy atom. The van der Waals surface area contributed by atoms with Gasteiger partial charge in [0.25, 0.3) is 5.09 Å². The van der Waals surface area contributed by atoms with Crippen molar-refractivity contribution in [1.29, 1.82) is 0 Å². The van der Waals surface area contributed by atoms with Crippen molar-refractivity contribution < 1.29 is 14.7 Å². The van der Waals surface area contributed by atoms with E-state index in [1.54, 1.807) is 6.92 Å². The Morgan fingerprint density at radius 1 is 1.90 bits per heavy atom. The zero-order valence-corrected chi connectivity index (χ0v) is 5.44. The van der Waals surface area contributed by atoms with Gasteiger partial charge in [-0.1, -0.05) is 0 Å². The molecule has 0 saturated carbocycles. The van der Waals surface area contributed by atoms with Gasteiger partial charge in [-0.2, -0.15) is 0 Å². The minimum atomic E-state index is -0.900. The van der Waals surface area contributed by atoms with Gasteiger partial charge in [0.15, 0.2) is 0 Å². The summed E-state index contributed by atoms with van der Waals surface area (Å²) < 4.78 is 0. The number of carbonyl (C=O) groups is 1. The molecule has 0 saturated heterocycles. The second kappa shape index (κ2) is 4.54. The van der Waals surface area contributed by atoms with Crippen molar-refractivity contribution >= 4 is 6.41 Å². The van der Waals surface area contributed by atoms with Crippen LogP contribution in [0.4, 0.5) is 0 Å². The third kappa shape index (κ3) is 4.82. The largest absolute Gasteiger partial charge is 0.354 e. The van der Waals surface area contributed by atoms with E-state index in [0.29, 0.717) is 6.41 Å². The number of rotatable bonds is 5. The molecule has 0 aromatic rings. The molecular formula is C4H8N2O4. The smallest absolute Gasteiger partial charge is 0.294 e. The highest BCUT2D eigenvalue weighted by Crippen LogP contribution is 1.81. The summed E-state index contributed by atoms with van der Waals surface area (Å²) in [5, 5.41) is 11.0. The molecule has 1 amide bonds. The quantitative estimate of drug-likeness (QED) is 0.318. The lowest BCUT2D eigenvalue weighted by atomic mass is 10.4. The van der Waals surface area contributed by atoms with Gasteiger partial charge in [-0.15, -0.1) is 10.1 Å². The molecule has 0 aromatic carbocycles. The first-order chi connectivity index (χ1) is 4.66. The molecule has 1 unspecified atom stereocenters. The van der Waals surface area contributed by atoms with E-state index in [1.165, 1.54) is 0 Å². The fourth-order valence-corrected chi connectivity index (χ4v) is 0.337. The molecule has 1 N–H and O–H groups in total. The van der Waals surface area contributed by atoms with E-state index < -0.39 is 5.09 Å². The van der Waals surface area contributed by atoms with Crippen molar-refractivity contribution in [2.24, 2.45) is 0 Å². The molecule has 0 aromatic heterocycles. The number of hydrogen-bond acceptors (Lipinski definition) is 4. The van der Waals surface area contributed by atoms with Gasteiger partial charge < -0.3 is 10.2 Å². The fourth-order valence-electron chi connectivity index (χ4n) is 0.337. The van der Waals surface area contributed by atoms with Gasteiger partial charge in [0.2, 0.25) is 6.41 Å². The Morgan fingerprint density at radius 3 is 2.90 bits per heavy atom. The number of nitrogens with one attached hydrogen (secondary N) is 1. The molecule has 0 rings (SSSR count). The van der Waals surface area contributed by atoms with Crippen LogP contribution in [0.15, 0.2) is 0 Å². The van der Waals surface area contributed by atoms with Gasteiger partial charge in [-0.05, 0) is 6.92 Å². The standard InChI is InChI=1S/C4H8N2O4/c1-4(5-3-7)2-10-6(8)9/h3-4H,2H2,1H3,(H,5,7). The third-order valence-corrected chi connectivity index (χ3v) is 0.783. The summed E-state index contributed by atoms with van der Waals surface area (Å²) in [6.07, 6.45) is 0.466. The van der Waals surface area contributed by atoms with E-state index >= 15 is 0 Å². The zero-order valence-electron chi connectivity index (χ0n) is 5.44. The van der Waals surface area contributed by atoms with Crippen LogP contribution < -0.4 is 5.32 Å². The summed E-state index contributed by atoms with van der Waals surface area (Å²) in [7, 11) is 0. The summed E-state index contributed by atoms with van der Waals surface area (Å²) >= 11 is 0. The maximum absolute atomic E-state index is 9.72. The first kappa shape index (κ1) is 8.67. The Bertz CT molecular complexity index is 126. The van der Waals surface area contributed by atoms with Crippen LogP contribution in [0, 0.1) is 10.1 Å². The Labute approximate surface area is 57.3 Å². The molecule has 1 atom stereocenters. The lowest BCUT2D eigenvalue weighted by Gasteiger charge is -2.06. The maximum atomic E-state index is 9.72.